The maximum Gasteiger partial charge on any atom is 0.247 e. The molecule has 0 fully saturated rings. The molecule has 1 unspecified atom stereocenters. The van der Waals surface area contributed by atoms with Crippen LogP contribution in [0.15, 0.2) is 18.2 Å². The summed E-state index contributed by atoms with van der Waals surface area (Å²) >= 11 is 1.58. The number of nitrogens with zero attached hydrogens (tertiary/aromatic N) is 1. The minimum atomic E-state index is -0.385. The maximum absolute atomic E-state index is 12.7. The minimum absolute atomic E-state index is 0.112. The molecule has 1 atom stereocenters. The standard InChI is InChI=1S/C21H25N3OS/c1-13-9-10-14(2)18(11-13)23-15(3)20(25)24-21-17(12-22)16-7-5-4-6-8-19(16)26-21/h9-11,15,23H,4-8H2,1-3H3,(H,24,25). The van der Waals surface area contributed by atoms with Crippen molar-refractivity contribution < 1.29 is 4.79 Å². The van der Waals surface area contributed by atoms with E-state index in [0.29, 0.717) is 10.6 Å². The third kappa shape index (κ3) is 3.91. The van der Waals surface area contributed by atoms with Crippen LogP contribution in [0.25, 0.3) is 0 Å². The van der Waals surface area contributed by atoms with Crippen molar-refractivity contribution in [1.29, 1.82) is 5.26 Å². The number of fused-ring (bicyclic) bond motifs is 1. The summed E-state index contributed by atoms with van der Waals surface area (Å²) in [6.07, 6.45) is 5.46. The summed E-state index contributed by atoms with van der Waals surface area (Å²) in [5.74, 6) is -0.112. The van der Waals surface area contributed by atoms with Gasteiger partial charge in [-0.3, -0.25) is 4.79 Å². The molecular weight excluding hydrogens is 342 g/mol. The van der Waals surface area contributed by atoms with E-state index in [1.54, 1.807) is 11.3 Å². The normalized spacial score (nSPS) is 14.7. The van der Waals surface area contributed by atoms with E-state index >= 15 is 0 Å². The monoisotopic (exact) mass is 367 g/mol. The van der Waals surface area contributed by atoms with E-state index in [1.165, 1.54) is 11.3 Å². The molecule has 0 saturated carbocycles. The van der Waals surface area contributed by atoms with Gasteiger partial charge in [0.05, 0.1) is 5.56 Å². The number of nitrogens with one attached hydrogen (secondary N) is 2. The first-order chi connectivity index (χ1) is 12.5. The summed E-state index contributed by atoms with van der Waals surface area (Å²) in [7, 11) is 0. The fourth-order valence-electron chi connectivity index (χ4n) is 3.36. The number of nitriles is 1. The predicted octanol–water partition coefficient (Wildman–Crippen LogP) is 4.94. The van der Waals surface area contributed by atoms with Crippen molar-refractivity contribution in [2.45, 2.75) is 58.9 Å². The summed E-state index contributed by atoms with van der Waals surface area (Å²) in [6, 6.07) is 8.09. The first-order valence-corrected chi connectivity index (χ1v) is 10.0. The average Bonchev–Trinajstić information content (AvgIpc) is 2.77. The van der Waals surface area contributed by atoms with Crippen LogP contribution in [0.3, 0.4) is 0 Å². The van der Waals surface area contributed by atoms with Crippen molar-refractivity contribution in [3.63, 3.8) is 0 Å². The molecular formula is C21H25N3OS. The zero-order chi connectivity index (χ0) is 18.7. The van der Waals surface area contributed by atoms with Gasteiger partial charge in [0, 0.05) is 10.6 Å². The molecule has 0 radical (unpaired) electrons. The Labute approximate surface area is 159 Å². The van der Waals surface area contributed by atoms with Crippen LogP contribution in [0.5, 0.6) is 0 Å². The number of anilines is 2. The summed E-state index contributed by atoms with van der Waals surface area (Å²) in [4.78, 5) is 14.0. The highest BCUT2D eigenvalue weighted by Gasteiger charge is 2.22. The number of carbonyl (C=O) groups excluding carboxylic acids is 1. The second-order valence-electron chi connectivity index (χ2n) is 7.05. The number of hydrogen-bond acceptors (Lipinski definition) is 4. The highest BCUT2D eigenvalue weighted by Crippen LogP contribution is 2.37. The number of thiophene rings is 1. The maximum atomic E-state index is 12.7. The minimum Gasteiger partial charge on any atom is -0.374 e. The molecule has 4 nitrogen and oxygen atoms in total. The molecule has 1 heterocycles. The van der Waals surface area contributed by atoms with E-state index < -0.39 is 0 Å². The van der Waals surface area contributed by atoms with Crippen molar-refractivity contribution in [1.82, 2.24) is 0 Å². The molecule has 1 aromatic heterocycles. The third-order valence-corrected chi connectivity index (χ3v) is 6.14. The number of hydrogen-bond donors (Lipinski definition) is 2. The van der Waals surface area contributed by atoms with Gasteiger partial charge in [-0.2, -0.15) is 5.26 Å². The topological polar surface area (TPSA) is 64.9 Å². The van der Waals surface area contributed by atoms with Gasteiger partial charge in [0.15, 0.2) is 0 Å². The van der Waals surface area contributed by atoms with Crippen molar-refractivity contribution >= 4 is 27.9 Å². The lowest BCUT2D eigenvalue weighted by Crippen LogP contribution is -2.32. The van der Waals surface area contributed by atoms with Gasteiger partial charge in [-0.15, -0.1) is 11.3 Å². The number of benzene rings is 1. The van der Waals surface area contributed by atoms with Gasteiger partial charge in [0.25, 0.3) is 0 Å². The van der Waals surface area contributed by atoms with Gasteiger partial charge in [0.1, 0.15) is 17.1 Å². The van der Waals surface area contributed by atoms with E-state index in [1.807, 2.05) is 32.9 Å². The quantitative estimate of drug-likeness (QED) is 0.752. The lowest BCUT2D eigenvalue weighted by molar-refractivity contribution is -0.116. The Morgan fingerprint density at radius 1 is 1.23 bits per heavy atom. The van der Waals surface area contributed by atoms with Crippen LogP contribution >= 0.6 is 11.3 Å². The molecule has 1 aliphatic carbocycles. The Hall–Kier alpha value is -2.32. The van der Waals surface area contributed by atoms with Gasteiger partial charge in [-0.25, -0.2) is 0 Å². The van der Waals surface area contributed by atoms with E-state index in [4.69, 9.17) is 0 Å². The molecule has 2 aromatic rings. The second-order valence-corrected chi connectivity index (χ2v) is 8.16. The van der Waals surface area contributed by atoms with Crippen LogP contribution in [0.1, 0.15) is 53.3 Å². The predicted molar refractivity (Wildman–Crippen MR) is 108 cm³/mol. The second kappa shape index (κ2) is 7.92. The van der Waals surface area contributed by atoms with Crippen molar-refractivity contribution in [2.24, 2.45) is 0 Å². The SMILES string of the molecule is Cc1ccc(C)c(NC(C)C(=O)Nc2sc3c(c2C#N)CCCCC3)c1. The zero-order valence-corrected chi connectivity index (χ0v) is 16.4. The van der Waals surface area contributed by atoms with Gasteiger partial charge < -0.3 is 10.6 Å². The largest absolute Gasteiger partial charge is 0.374 e. The molecule has 0 bridgehead atoms. The summed E-state index contributed by atoms with van der Waals surface area (Å²) in [6.45, 7) is 5.91. The molecule has 0 aliphatic heterocycles. The first kappa shape index (κ1) is 18.5. The van der Waals surface area contributed by atoms with Crippen LogP contribution in [-0.2, 0) is 17.6 Å². The van der Waals surface area contributed by atoms with Crippen molar-refractivity contribution in [3.05, 3.63) is 45.3 Å². The first-order valence-electron chi connectivity index (χ1n) is 9.19. The van der Waals surface area contributed by atoms with E-state index in [2.05, 4.69) is 22.8 Å². The summed E-state index contributed by atoms with van der Waals surface area (Å²) < 4.78 is 0. The highest BCUT2D eigenvalue weighted by atomic mass is 32.1. The van der Waals surface area contributed by atoms with Crippen molar-refractivity contribution in [3.8, 4) is 6.07 Å². The lowest BCUT2D eigenvalue weighted by atomic mass is 10.1. The molecule has 5 heteroatoms. The third-order valence-electron chi connectivity index (χ3n) is 4.93. The molecule has 1 aliphatic rings. The van der Waals surface area contributed by atoms with Crippen LogP contribution in [0.4, 0.5) is 10.7 Å². The van der Waals surface area contributed by atoms with Gasteiger partial charge in [0.2, 0.25) is 5.91 Å². The summed E-state index contributed by atoms with van der Waals surface area (Å²) in [5, 5.41) is 16.6. The average molecular weight is 368 g/mol. The fourth-order valence-corrected chi connectivity index (χ4v) is 4.60. The van der Waals surface area contributed by atoms with Gasteiger partial charge >= 0.3 is 0 Å². The highest BCUT2D eigenvalue weighted by molar-refractivity contribution is 7.16. The zero-order valence-electron chi connectivity index (χ0n) is 15.6. The Morgan fingerprint density at radius 3 is 2.77 bits per heavy atom. The summed E-state index contributed by atoms with van der Waals surface area (Å²) in [5.41, 5.74) is 5.05. The molecule has 2 N–H and O–H groups in total. The Kier molecular flexibility index (Phi) is 5.63. The smallest absolute Gasteiger partial charge is 0.247 e. The molecule has 136 valence electrons. The molecule has 0 spiro atoms. The van der Waals surface area contributed by atoms with Crippen LogP contribution < -0.4 is 10.6 Å². The number of carbonyl (C=O) groups is 1. The van der Waals surface area contributed by atoms with E-state index in [0.717, 1.165) is 48.1 Å². The van der Waals surface area contributed by atoms with Gasteiger partial charge in [-0.05, 0) is 69.2 Å². The number of rotatable bonds is 4. The van der Waals surface area contributed by atoms with Crippen LogP contribution in [0.2, 0.25) is 0 Å². The van der Waals surface area contributed by atoms with Gasteiger partial charge in [-0.1, -0.05) is 18.6 Å². The van der Waals surface area contributed by atoms with Crippen LogP contribution in [-0.4, -0.2) is 11.9 Å². The molecule has 3 rings (SSSR count). The fraction of sp³-hybridized carbons (Fsp3) is 0.429. The molecule has 26 heavy (non-hydrogen) atoms. The number of aryl methyl sites for hydroxylation is 3. The number of amides is 1. The Bertz CT molecular complexity index is 863. The molecule has 1 amide bonds. The Balaban J connectivity index is 1.75. The Morgan fingerprint density at radius 2 is 2.00 bits per heavy atom. The van der Waals surface area contributed by atoms with Crippen molar-refractivity contribution in [2.75, 3.05) is 10.6 Å². The van der Waals surface area contributed by atoms with E-state index in [9.17, 15) is 10.1 Å². The van der Waals surface area contributed by atoms with Crippen LogP contribution in [0, 0.1) is 25.2 Å². The van der Waals surface area contributed by atoms with E-state index in [-0.39, 0.29) is 11.9 Å². The molecule has 1 aromatic carbocycles. The lowest BCUT2D eigenvalue weighted by Gasteiger charge is -2.17. The molecule has 0 saturated heterocycles.